The van der Waals surface area contributed by atoms with E-state index in [2.05, 4.69) is 25.6 Å². The Morgan fingerprint density at radius 1 is 1.38 bits per heavy atom. The van der Waals surface area contributed by atoms with Gasteiger partial charge in [-0.25, -0.2) is 0 Å². The van der Waals surface area contributed by atoms with Crippen molar-refractivity contribution in [3.05, 3.63) is 48.0 Å². The van der Waals surface area contributed by atoms with Gasteiger partial charge in [0.1, 0.15) is 0 Å². The number of hydrogen-bond acceptors (Lipinski definition) is 1. The summed E-state index contributed by atoms with van der Waals surface area (Å²) in [5.74, 6) is 0.417. The first-order chi connectivity index (χ1) is 6.23. The van der Waals surface area contributed by atoms with E-state index in [1.807, 2.05) is 18.2 Å². The fraction of sp³-hybridized carbons (Fsp3) is 0.333. The molecule has 1 nitrogen and oxygen atoms in total. The molecule has 0 amide bonds. The SMILES string of the molecule is C=C1[C@@H](C)[C@]1(CO)c1ccccc1. The van der Waals surface area contributed by atoms with Crippen molar-refractivity contribution < 1.29 is 5.11 Å². The third-order valence-electron chi connectivity index (χ3n) is 3.29. The Kier molecular flexibility index (Phi) is 1.77. The summed E-state index contributed by atoms with van der Waals surface area (Å²) in [5, 5.41) is 9.39. The van der Waals surface area contributed by atoms with E-state index in [9.17, 15) is 5.11 Å². The van der Waals surface area contributed by atoms with Crippen molar-refractivity contribution >= 4 is 0 Å². The van der Waals surface area contributed by atoms with Crippen molar-refractivity contribution in [2.24, 2.45) is 5.92 Å². The third-order valence-corrected chi connectivity index (χ3v) is 3.29. The van der Waals surface area contributed by atoms with Gasteiger partial charge >= 0.3 is 0 Å². The lowest BCUT2D eigenvalue weighted by Crippen LogP contribution is -2.14. The van der Waals surface area contributed by atoms with Gasteiger partial charge in [-0.05, 0) is 11.5 Å². The van der Waals surface area contributed by atoms with Gasteiger partial charge in [0.2, 0.25) is 0 Å². The zero-order valence-corrected chi connectivity index (χ0v) is 7.83. The summed E-state index contributed by atoms with van der Waals surface area (Å²) in [4.78, 5) is 0. The fourth-order valence-corrected chi connectivity index (χ4v) is 2.12. The molecule has 2 atom stereocenters. The van der Waals surface area contributed by atoms with Crippen molar-refractivity contribution in [3.8, 4) is 0 Å². The Balaban J connectivity index is 2.41. The molecule has 0 spiro atoms. The Labute approximate surface area is 78.7 Å². The molecule has 1 heteroatoms. The van der Waals surface area contributed by atoms with Gasteiger partial charge in [0.15, 0.2) is 0 Å². The molecule has 2 rings (SSSR count). The molecular formula is C12H14O. The molecule has 0 saturated heterocycles. The summed E-state index contributed by atoms with van der Waals surface area (Å²) in [6, 6.07) is 10.1. The van der Waals surface area contributed by atoms with E-state index in [4.69, 9.17) is 0 Å². The zero-order valence-electron chi connectivity index (χ0n) is 7.83. The molecule has 1 saturated carbocycles. The van der Waals surface area contributed by atoms with Gasteiger partial charge in [-0.3, -0.25) is 0 Å². The highest BCUT2D eigenvalue weighted by Gasteiger charge is 2.56. The van der Waals surface area contributed by atoms with E-state index in [1.54, 1.807) is 0 Å². The number of aliphatic hydroxyl groups is 1. The van der Waals surface area contributed by atoms with Crippen LogP contribution >= 0.6 is 0 Å². The van der Waals surface area contributed by atoms with Crippen LogP contribution in [0.4, 0.5) is 0 Å². The smallest absolute Gasteiger partial charge is 0.0571 e. The minimum absolute atomic E-state index is 0.138. The van der Waals surface area contributed by atoms with Gasteiger partial charge in [-0.1, -0.05) is 49.4 Å². The van der Waals surface area contributed by atoms with Crippen molar-refractivity contribution in [2.45, 2.75) is 12.3 Å². The van der Waals surface area contributed by atoms with Crippen LogP contribution in [0, 0.1) is 5.92 Å². The summed E-state index contributed by atoms with van der Waals surface area (Å²) >= 11 is 0. The van der Waals surface area contributed by atoms with Crippen molar-refractivity contribution in [3.63, 3.8) is 0 Å². The maximum absolute atomic E-state index is 9.39. The first-order valence-electron chi connectivity index (χ1n) is 4.59. The van der Waals surface area contributed by atoms with E-state index >= 15 is 0 Å². The molecule has 0 bridgehead atoms. The number of hydrogen-bond donors (Lipinski definition) is 1. The Morgan fingerprint density at radius 2 is 1.92 bits per heavy atom. The van der Waals surface area contributed by atoms with Crippen LogP contribution in [-0.2, 0) is 5.41 Å². The molecule has 1 aliphatic rings. The summed E-state index contributed by atoms with van der Waals surface area (Å²) in [7, 11) is 0. The monoisotopic (exact) mass is 174 g/mol. The zero-order chi connectivity index (χ0) is 9.47. The molecule has 1 aromatic carbocycles. The Hall–Kier alpha value is -1.08. The van der Waals surface area contributed by atoms with Crippen molar-refractivity contribution in [1.82, 2.24) is 0 Å². The van der Waals surface area contributed by atoms with Gasteiger partial charge in [0.05, 0.1) is 6.61 Å². The average molecular weight is 174 g/mol. The Morgan fingerprint density at radius 3 is 2.31 bits per heavy atom. The van der Waals surface area contributed by atoms with Crippen LogP contribution in [0.3, 0.4) is 0 Å². The maximum Gasteiger partial charge on any atom is 0.0571 e. The fourth-order valence-electron chi connectivity index (χ4n) is 2.12. The minimum atomic E-state index is -0.138. The first kappa shape index (κ1) is 8.52. The summed E-state index contributed by atoms with van der Waals surface area (Å²) in [5.41, 5.74) is 2.21. The quantitative estimate of drug-likeness (QED) is 0.681. The highest BCUT2D eigenvalue weighted by molar-refractivity contribution is 5.51. The van der Waals surface area contributed by atoms with Crippen LogP contribution in [0.5, 0.6) is 0 Å². The lowest BCUT2D eigenvalue weighted by atomic mass is 9.94. The topological polar surface area (TPSA) is 20.2 Å². The molecule has 1 N–H and O–H groups in total. The van der Waals surface area contributed by atoms with E-state index in [0.29, 0.717) is 5.92 Å². The van der Waals surface area contributed by atoms with Crippen LogP contribution in [0.2, 0.25) is 0 Å². The van der Waals surface area contributed by atoms with E-state index in [0.717, 1.165) is 5.57 Å². The summed E-state index contributed by atoms with van der Waals surface area (Å²) in [6.45, 7) is 6.28. The third kappa shape index (κ3) is 0.971. The molecule has 1 fully saturated rings. The van der Waals surface area contributed by atoms with E-state index in [1.165, 1.54) is 5.56 Å². The van der Waals surface area contributed by atoms with Crippen LogP contribution in [0.25, 0.3) is 0 Å². The number of rotatable bonds is 2. The lowest BCUT2D eigenvalue weighted by molar-refractivity contribution is 0.251. The van der Waals surface area contributed by atoms with Gasteiger partial charge < -0.3 is 5.11 Å². The second-order valence-electron chi connectivity index (χ2n) is 3.74. The van der Waals surface area contributed by atoms with Gasteiger partial charge in [0.25, 0.3) is 0 Å². The molecule has 13 heavy (non-hydrogen) atoms. The molecular weight excluding hydrogens is 160 g/mol. The highest BCUT2D eigenvalue weighted by Crippen LogP contribution is 2.57. The molecule has 1 aliphatic carbocycles. The predicted octanol–water partition coefficient (Wildman–Crippen LogP) is 2.12. The molecule has 0 heterocycles. The number of benzene rings is 1. The largest absolute Gasteiger partial charge is 0.395 e. The Bertz CT molecular complexity index is 328. The van der Waals surface area contributed by atoms with Crippen molar-refractivity contribution in [2.75, 3.05) is 6.61 Å². The van der Waals surface area contributed by atoms with Gasteiger partial charge in [-0.15, -0.1) is 0 Å². The normalized spacial score (nSPS) is 31.8. The second kappa shape index (κ2) is 2.71. The van der Waals surface area contributed by atoms with Crippen LogP contribution < -0.4 is 0 Å². The standard InChI is InChI=1S/C12H14O/c1-9-10(2)12(9,8-13)11-6-4-3-5-7-11/h3-7,10,13H,1,8H2,2H3/t10-,12-/m1/s1. The average Bonchev–Trinajstić information content (AvgIpc) is 2.72. The van der Waals surface area contributed by atoms with Crippen LogP contribution in [-0.4, -0.2) is 11.7 Å². The van der Waals surface area contributed by atoms with E-state index < -0.39 is 0 Å². The minimum Gasteiger partial charge on any atom is -0.395 e. The summed E-state index contributed by atoms with van der Waals surface area (Å²) < 4.78 is 0. The molecule has 0 aliphatic heterocycles. The molecule has 68 valence electrons. The maximum atomic E-state index is 9.39. The van der Waals surface area contributed by atoms with Crippen LogP contribution in [0.15, 0.2) is 42.5 Å². The van der Waals surface area contributed by atoms with Crippen LogP contribution in [0.1, 0.15) is 12.5 Å². The molecule has 0 unspecified atom stereocenters. The highest BCUT2D eigenvalue weighted by atomic mass is 16.3. The summed E-state index contributed by atoms with van der Waals surface area (Å²) in [6.07, 6.45) is 0. The number of aliphatic hydroxyl groups excluding tert-OH is 1. The van der Waals surface area contributed by atoms with Gasteiger partial charge in [-0.2, -0.15) is 0 Å². The molecule has 1 aromatic rings. The van der Waals surface area contributed by atoms with Crippen molar-refractivity contribution in [1.29, 1.82) is 0 Å². The second-order valence-corrected chi connectivity index (χ2v) is 3.74. The lowest BCUT2D eigenvalue weighted by Gasteiger charge is -2.12. The van der Waals surface area contributed by atoms with E-state index in [-0.39, 0.29) is 12.0 Å². The van der Waals surface area contributed by atoms with Gasteiger partial charge in [0, 0.05) is 5.41 Å². The predicted molar refractivity (Wildman–Crippen MR) is 53.5 cm³/mol. The molecule has 0 radical (unpaired) electrons. The first-order valence-corrected chi connectivity index (χ1v) is 4.59. The molecule has 0 aromatic heterocycles.